The standard InChI is InChI=1S/C16H18N4O2/c1-10-5-4-6-14(18-10)16(22)19-13-8-7-11(20(2)3)9-12(13)15(17)21/h4-9H,1-3H3,(H2,17,21)(H,19,22). The molecule has 0 saturated carbocycles. The summed E-state index contributed by atoms with van der Waals surface area (Å²) in [5.74, 6) is -0.986. The first-order valence-electron chi connectivity index (χ1n) is 6.74. The van der Waals surface area contributed by atoms with Crippen LogP contribution in [0.4, 0.5) is 11.4 Å². The summed E-state index contributed by atoms with van der Waals surface area (Å²) >= 11 is 0. The zero-order valence-corrected chi connectivity index (χ0v) is 12.8. The van der Waals surface area contributed by atoms with Crippen molar-refractivity contribution in [3.63, 3.8) is 0 Å². The average molecular weight is 298 g/mol. The van der Waals surface area contributed by atoms with Gasteiger partial charge in [0.25, 0.3) is 11.8 Å². The number of anilines is 2. The van der Waals surface area contributed by atoms with Crippen LogP contribution in [0, 0.1) is 6.92 Å². The Bertz CT molecular complexity index is 726. The predicted molar refractivity (Wildman–Crippen MR) is 86.2 cm³/mol. The Morgan fingerprint density at radius 3 is 2.50 bits per heavy atom. The zero-order chi connectivity index (χ0) is 16.3. The van der Waals surface area contributed by atoms with Crippen LogP contribution in [-0.4, -0.2) is 30.9 Å². The number of amides is 2. The van der Waals surface area contributed by atoms with E-state index in [4.69, 9.17) is 5.73 Å². The summed E-state index contributed by atoms with van der Waals surface area (Å²) in [4.78, 5) is 29.8. The van der Waals surface area contributed by atoms with Crippen molar-refractivity contribution in [2.75, 3.05) is 24.3 Å². The van der Waals surface area contributed by atoms with Crippen LogP contribution >= 0.6 is 0 Å². The molecule has 22 heavy (non-hydrogen) atoms. The van der Waals surface area contributed by atoms with Gasteiger partial charge < -0.3 is 16.0 Å². The van der Waals surface area contributed by atoms with Gasteiger partial charge in [0, 0.05) is 25.5 Å². The molecule has 6 nitrogen and oxygen atoms in total. The summed E-state index contributed by atoms with van der Waals surface area (Å²) in [7, 11) is 3.71. The van der Waals surface area contributed by atoms with Gasteiger partial charge in [0.05, 0.1) is 11.3 Å². The maximum Gasteiger partial charge on any atom is 0.274 e. The van der Waals surface area contributed by atoms with E-state index >= 15 is 0 Å². The third kappa shape index (κ3) is 3.41. The highest BCUT2D eigenvalue weighted by atomic mass is 16.2. The number of carbonyl (C=O) groups is 2. The highest BCUT2D eigenvalue weighted by molar-refractivity contribution is 6.08. The van der Waals surface area contributed by atoms with Gasteiger partial charge in [-0.05, 0) is 37.3 Å². The van der Waals surface area contributed by atoms with Crippen molar-refractivity contribution in [3.8, 4) is 0 Å². The first-order chi connectivity index (χ1) is 10.4. The van der Waals surface area contributed by atoms with Crippen LogP contribution in [0.5, 0.6) is 0 Å². The molecular weight excluding hydrogens is 280 g/mol. The summed E-state index contributed by atoms with van der Waals surface area (Å²) in [6.07, 6.45) is 0. The van der Waals surface area contributed by atoms with E-state index in [0.717, 1.165) is 11.4 Å². The minimum atomic E-state index is -0.601. The summed E-state index contributed by atoms with van der Waals surface area (Å²) in [5.41, 5.74) is 7.87. The SMILES string of the molecule is Cc1cccc(C(=O)Nc2ccc(N(C)C)cc2C(N)=O)n1. The number of hydrogen-bond donors (Lipinski definition) is 2. The Kier molecular flexibility index (Phi) is 4.41. The minimum Gasteiger partial charge on any atom is -0.378 e. The fourth-order valence-corrected chi connectivity index (χ4v) is 1.98. The molecule has 6 heteroatoms. The third-order valence-electron chi connectivity index (χ3n) is 3.15. The molecule has 0 spiro atoms. The molecule has 114 valence electrons. The van der Waals surface area contributed by atoms with Gasteiger partial charge in [-0.2, -0.15) is 0 Å². The first kappa shape index (κ1) is 15.5. The normalized spacial score (nSPS) is 10.1. The van der Waals surface area contributed by atoms with Crippen LogP contribution in [0.3, 0.4) is 0 Å². The number of nitrogens with zero attached hydrogens (tertiary/aromatic N) is 2. The molecule has 0 aliphatic carbocycles. The van der Waals surface area contributed by atoms with E-state index in [1.165, 1.54) is 0 Å². The van der Waals surface area contributed by atoms with E-state index < -0.39 is 5.91 Å². The zero-order valence-electron chi connectivity index (χ0n) is 12.8. The van der Waals surface area contributed by atoms with Crippen LogP contribution < -0.4 is 16.0 Å². The fraction of sp³-hybridized carbons (Fsp3) is 0.188. The summed E-state index contributed by atoms with van der Waals surface area (Å²) in [6, 6.07) is 10.3. The van der Waals surface area contributed by atoms with Crippen molar-refractivity contribution in [2.45, 2.75) is 6.92 Å². The van der Waals surface area contributed by atoms with Gasteiger partial charge in [-0.1, -0.05) is 6.07 Å². The predicted octanol–water partition coefficient (Wildman–Crippen LogP) is 1.81. The molecule has 2 aromatic rings. The van der Waals surface area contributed by atoms with Gasteiger partial charge >= 0.3 is 0 Å². The molecule has 0 fully saturated rings. The van der Waals surface area contributed by atoms with Crippen molar-refractivity contribution < 1.29 is 9.59 Å². The minimum absolute atomic E-state index is 0.257. The smallest absolute Gasteiger partial charge is 0.274 e. The number of benzene rings is 1. The number of nitrogens with two attached hydrogens (primary N) is 1. The van der Waals surface area contributed by atoms with Crippen molar-refractivity contribution in [1.29, 1.82) is 0 Å². The maximum atomic E-state index is 12.2. The Morgan fingerprint density at radius 2 is 1.91 bits per heavy atom. The maximum absolute atomic E-state index is 12.2. The molecule has 1 aromatic heterocycles. The monoisotopic (exact) mass is 298 g/mol. The summed E-state index contributed by atoms with van der Waals surface area (Å²) in [5, 5.41) is 2.68. The van der Waals surface area contributed by atoms with Crippen LogP contribution in [-0.2, 0) is 0 Å². The number of hydrogen-bond acceptors (Lipinski definition) is 4. The highest BCUT2D eigenvalue weighted by Gasteiger charge is 2.14. The molecule has 1 heterocycles. The molecule has 2 rings (SSSR count). The van der Waals surface area contributed by atoms with Crippen molar-refractivity contribution in [1.82, 2.24) is 4.98 Å². The van der Waals surface area contributed by atoms with E-state index in [9.17, 15) is 9.59 Å². The lowest BCUT2D eigenvalue weighted by atomic mass is 10.1. The largest absolute Gasteiger partial charge is 0.378 e. The van der Waals surface area contributed by atoms with Crippen molar-refractivity contribution in [3.05, 3.63) is 53.3 Å². The average Bonchev–Trinajstić information content (AvgIpc) is 2.47. The lowest BCUT2D eigenvalue weighted by Crippen LogP contribution is -2.20. The fourth-order valence-electron chi connectivity index (χ4n) is 1.98. The van der Waals surface area contributed by atoms with Gasteiger partial charge in [0.15, 0.2) is 0 Å². The number of carbonyl (C=O) groups excluding carboxylic acids is 2. The molecule has 0 aliphatic rings. The lowest BCUT2D eigenvalue weighted by Gasteiger charge is -2.16. The topological polar surface area (TPSA) is 88.3 Å². The number of rotatable bonds is 4. The molecule has 3 N–H and O–H groups in total. The second-order valence-electron chi connectivity index (χ2n) is 5.11. The molecule has 0 aliphatic heterocycles. The number of aryl methyl sites for hydroxylation is 1. The van der Waals surface area contributed by atoms with Crippen LogP contribution in [0.25, 0.3) is 0 Å². The van der Waals surface area contributed by atoms with Crippen molar-refractivity contribution in [2.24, 2.45) is 5.73 Å². The lowest BCUT2D eigenvalue weighted by molar-refractivity contribution is 0.100. The first-order valence-corrected chi connectivity index (χ1v) is 6.74. The van der Waals surface area contributed by atoms with Gasteiger partial charge in [0.1, 0.15) is 5.69 Å². The van der Waals surface area contributed by atoms with E-state index in [-0.39, 0.29) is 17.2 Å². The Balaban J connectivity index is 2.33. The number of pyridine rings is 1. The van der Waals surface area contributed by atoms with Crippen LogP contribution in [0.15, 0.2) is 36.4 Å². The van der Waals surface area contributed by atoms with E-state index in [0.29, 0.717) is 5.69 Å². The molecule has 1 aromatic carbocycles. The molecule has 0 unspecified atom stereocenters. The van der Waals surface area contributed by atoms with E-state index in [2.05, 4.69) is 10.3 Å². The molecule has 0 bridgehead atoms. The second kappa shape index (κ2) is 6.26. The van der Waals surface area contributed by atoms with E-state index in [1.54, 1.807) is 43.3 Å². The number of nitrogens with one attached hydrogen (secondary N) is 1. The Labute approximate surface area is 129 Å². The molecule has 2 amide bonds. The highest BCUT2D eigenvalue weighted by Crippen LogP contribution is 2.22. The van der Waals surface area contributed by atoms with Crippen LogP contribution in [0.2, 0.25) is 0 Å². The van der Waals surface area contributed by atoms with E-state index in [1.807, 2.05) is 19.0 Å². The Morgan fingerprint density at radius 1 is 1.18 bits per heavy atom. The van der Waals surface area contributed by atoms with Crippen molar-refractivity contribution >= 4 is 23.2 Å². The molecule has 0 saturated heterocycles. The van der Waals surface area contributed by atoms with Crippen LogP contribution in [0.1, 0.15) is 26.5 Å². The molecular formula is C16H18N4O2. The quantitative estimate of drug-likeness (QED) is 0.901. The van der Waals surface area contributed by atoms with Gasteiger partial charge in [-0.15, -0.1) is 0 Å². The second-order valence-corrected chi connectivity index (χ2v) is 5.11. The van der Waals surface area contributed by atoms with Gasteiger partial charge in [0.2, 0.25) is 0 Å². The number of aromatic nitrogens is 1. The summed E-state index contributed by atoms with van der Waals surface area (Å²) < 4.78 is 0. The van der Waals surface area contributed by atoms with Gasteiger partial charge in [-0.3, -0.25) is 9.59 Å². The third-order valence-corrected chi connectivity index (χ3v) is 3.15. The number of primary amides is 1. The van der Waals surface area contributed by atoms with Gasteiger partial charge in [-0.25, -0.2) is 4.98 Å². The molecule has 0 radical (unpaired) electrons. The Hall–Kier alpha value is -2.89. The summed E-state index contributed by atoms with van der Waals surface area (Å²) in [6.45, 7) is 1.80. The molecule has 0 atom stereocenters.